The largest absolute Gasteiger partial charge is 0.347 e. The number of anilines is 1. The zero-order valence-electron chi connectivity index (χ0n) is 17.1. The lowest BCUT2D eigenvalue weighted by Crippen LogP contribution is -2.22. The zero-order valence-corrected chi connectivity index (χ0v) is 18.8. The van der Waals surface area contributed by atoms with Crippen molar-refractivity contribution in [3.8, 4) is 5.69 Å². The summed E-state index contributed by atoms with van der Waals surface area (Å²) in [6, 6.07) is 13.8. The van der Waals surface area contributed by atoms with Gasteiger partial charge in [0.2, 0.25) is 5.91 Å². The molecule has 2 heterocycles. The third kappa shape index (κ3) is 5.85. The monoisotopic (exact) mass is 484 g/mol. The molecule has 0 radical (unpaired) electrons. The Hall–Kier alpha value is -3.50. The average Bonchev–Trinajstić information content (AvgIpc) is 3.51. The van der Waals surface area contributed by atoms with Crippen LogP contribution in [0.4, 0.5) is 14.5 Å². The van der Waals surface area contributed by atoms with Crippen molar-refractivity contribution < 1.29 is 18.4 Å². The van der Waals surface area contributed by atoms with Gasteiger partial charge in [-0.05, 0) is 47.8 Å². The van der Waals surface area contributed by atoms with Crippen molar-refractivity contribution in [1.29, 1.82) is 0 Å². The van der Waals surface area contributed by atoms with Crippen molar-refractivity contribution in [2.45, 2.75) is 11.7 Å². The molecule has 0 spiro atoms. The summed E-state index contributed by atoms with van der Waals surface area (Å²) < 4.78 is 28.7. The quantitative estimate of drug-likeness (QED) is 0.350. The molecule has 0 saturated carbocycles. The highest BCUT2D eigenvalue weighted by atomic mass is 32.2. The lowest BCUT2D eigenvalue weighted by molar-refractivity contribution is -0.113. The fraction of sp³-hybridized carbons (Fsp3) is 0.0870. The number of imidazole rings is 1. The number of carbonyl (C=O) groups is 2. The van der Waals surface area contributed by atoms with Gasteiger partial charge in [-0.1, -0.05) is 17.8 Å². The SMILES string of the molecule is O=C(CSc1nccn1-c1ccc(C(=O)NCc2cccs2)cc1)Nc1cc(F)ccc1F. The number of rotatable bonds is 8. The molecule has 0 bridgehead atoms. The summed E-state index contributed by atoms with van der Waals surface area (Å²) in [5.74, 6) is -2.06. The number of carbonyl (C=O) groups excluding carboxylic acids is 2. The molecule has 10 heteroatoms. The van der Waals surface area contributed by atoms with Crippen LogP contribution in [0.2, 0.25) is 0 Å². The minimum atomic E-state index is -0.712. The molecule has 168 valence electrons. The van der Waals surface area contributed by atoms with Crippen molar-refractivity contribution in [2.75, 3.05) is 11.1 Å². The van der Waals surface area contributed by atoms with Crippen LogP contribution in [0.3, 0.4) is 0 Å². The molecule has 6 nitrogen and oxygen atoms in total. The molecule has 0 fully saturated rings. The molecule has 4 aromatic rings. The van der Waals surface area contributed by atoms with Gasteiger partial charge in [0.05, 0.1) is 18.0 Å². The van der Waals surface area contributed by atoms with Crippen LogP contribution < -0.4 is 10.6 Å². The number of thioether (sulfide) groups is 1. The summed E-state index contributed by atoms with van der Waals surface area (Å²) in [4.78, 5) is 29.9. The highest BCUT2D eigenvalue weighted by Crippen LogP contribution is 2.22. The fourth-order valence-electron chi connectivity index (χ4n) is 2.96. The molecule has 0 aliphatic carbocycles. The number of hydrogen-bond acceptors (Lipinski definition) is 5. The van der Waals surface area contributed by atoms with Gasteiger partial charge < -0.3 is 10.6 Å². The van der Waals surface area contributed by atoms with Gasteiger partial charge in [0, 0.05) is 34.6 Å². The molecule has 2 aromatic heterocycles. The molecule has 2 amide bonds. The van der Waals surface area contributed by atoms with E-state index in [-0.39, 0.29) is 17.3 Å². The van der Waals surface area contributed by atoms with Crippen LogP contribution in [-0.4, -0.2) is 27.1 Å². The Balaban J connectivity index is 1.36. The summed E-state index contributed by atoms with van der Waals surface area (Å²) in [5.41, 5.74) is 1.08. The Bertz CT molecular complexity index is 1260. The molecule has 2 aromatic carbocycles. The standard InChI is InChI=1S/C23H18F2N4O2S2/c24-16-5-8-19(25)20(12-16)28-21(30)14-33-23-26-9-10-29(23)17-6-3-15(4-7-17)22(31)27-13-18-2-1-11-32-18/h1-12H,13-14H2,(H,27,31)(H,28,30). The topological polar surface area (TPSA) is 76.0 Å². The molecule has 2 N–H and O–H groups in total. The molecule has 33 heavy (non-hydrogen) atoms. The number of nitrogens with one attached hydrogen (secondary N) is 2. The van der Waals surface area contributed by atoms with Crippen LogP contribution in [-0.2, 0) is 11.3 Å². The maximum absolute atomic E-state index is 13.7. The van der Waals surface area contributed by atoms with Gasteiger partial charge in [-0.2, -0.15) is 0 Å². The van der Waals surface area contributed by atoms with Crippen LogP contribution in [0, 0.1) is 11.6 Å². The number of hydrogen-bond donors (Lipinski definition) is 2. The summed E-state index contributed by atoms with van der Waals surface area (Å²) in [7, 11) is 0. The first kappa shape index (κ1) is 22.7. The van der Waals surface area contributed by atoms with Crippen molar-refractivity contribution in [3.05, 3.63) is 94.4 Å². The number of thiophene rings is 1. The van der Waals surface area contributed by atoms with Crippen LogP contribution in [0.5, 0.6) is 0 Å². The number of amides is 2. The second kappa shape index (κ2) is 10.4. The maximum atomic E-state index is 13.7. The average molecular weight is 485 g/mol. The Morgan fingerprint density at radius 1 is 1.09 bits per heavy atom. The predicted octanol–water partition coefficient (Wildman–Crippen LogP) is 4.87. The first-order chi connectivity index (χ1) is 16.0. The van der Waals surface area contributed by atoms with E-state index in [0.717, 1.165) is 40.5 Å². The van der Waals surface area contributed by atoms with Crippen LogP contribution in [0.1, 0.15) is 15.2 Å². The highest BCUT2D eigenvalue weighted by Gasteiger charge is 2.13. The minimum Gasteiger partial charge on any atom is -0.347 e. The van der Waals surface area contributed by atoms with Gasteiger partial charge in [-0.25, -0.2) is 13.8 Å². The summed E-state index contributed by atoms with van der Waals surface area (Å²) >= 11 is 2.73. The van der Waals surface area contributed by atoms with E-state index in [4.69, 9.17) is 0 Å². The Morgan fingerprint density at radius 2 is 1.91 bits per heavy atom. The molecular weight excluding hydrogens is 466 g/mol. The van der Waals surface area contributed by atoms with Crippen molar-refractivity contribution in [3.63, 3.8) is 0 Å². The van der Waals surface area contributed by atoms with E-state index in [1.54, 1.807) is 52.6 Å². The van der Waals surface area contributed by atoms with Gasteiger partial charge in [0.25, 0.3) is 5.91 Å². The van der Waals surface area contributed by atoms with E-state index in [9.17, 15) is 18.4 Å². The Morgan fingerprint density at radius 3 is 2.67 bits per heavy atom. The van der Waals surface area contributed by atoms with E-state index in [1.807, 2.05) is 17.5 Å². The number of benzene rings is 2. The Kier molecular flexibility index (Phi) is 7.16. The van der Waals surface area contributed by atoms with Crippen molar-refractivity contribution >= 4 is 40.6 Å². The predicted molar refractivity (Wildman–Crippen MR) is 125 cm³/mol. The number of nitrogens with zero attached hydrogens (tertiary/aromatic N) is 2. The second-order valence-corrected chi connectivity index (χ2v) is 8.82. The van der Waals surface area contributed by atoms with E-state index >= 15 is 0 Å². The van der Waals surface area contributed by atoms with Gasteiger partial charge >= 0.3 is 0 Å². The fourth-order valence-corrected chi connectivity index (χ4v) is 4.38. The molecule has 4 rings (SSSR count). The molecule has 0 saturated heterocycles. The van der Waals surface area contributed by atoms with E-state index in [2.05, 4.69) is 15.6 Å². The third-order valence-electron chi connectivity index (χ3n) is 4.55. The summed E-state index contributed by atoms with van der Waals surface area (Å²) in [6.45, 7) is 0.474. The summed E-state index contributed by atoms with van der Waals surface area (Å²) in [6.07, 6.45) is 3.33. The molecule has 0 atom stereocenters. The molecular formula is C23H18F2N4O2S2. The second-order valence-electron chi connectivity index (χ2n) is 6.85. The third-order valence-corrected chi connectivity index (χ3v) is 6.40. The Labute approximate surface area is 196 Å². The van der Waals surface area contributed by atoms with Crippen LogP contribution in [0.25, 0.3) is 5.69 Å². The van der Waals surface area contributed by atoms with E-state index in [0.29, 0.717) is 17.3 Å². The van der Waals surface area contributed by atoms with Gasteiger partial charge in [0.1, 0.15) is 11.6 Å². The first-order valence-corrected chi connectivity index (χ1v) is 11.7. The lowest BCUT2D eigenvalue weighted by atomic mass is 10.2. The number of halogens is 2. The lowest BCUT2D eigenvalue weighted by Gasteiger charge is -2.10. The molecule has 0 unspecified atom stereocenters. The molecule has 0 aliphatic rings. The van der Waals surface area contributed by atoms with Crippen molar-refractivity contribution in [2.24, 2.45) is 0 Å². The van der Waals surface area contributed by atoms with Gasteiger partial charge in [-0.3, -0.25) is 14.2 Å². The smallest absolute Gasteiger partial charge is 0.251 e. The normalized spacial score (nSPS) is 10.7. The highest BCUT2D eigenvalue weighted by molar-refractivity contribution is 7.99. The van der Waals surface area contributed by atoms with Crippen LogP contribution >= 0.6 is 23.1 Å². The summed E-state index contributed by atoms with van der Waals surface area (Å²) in [5, 5.41) is 7.74. The van der Waals surface area contributed by atoms with E-state index < -0.39 is 17.5 Å². The van der Waals surface area contributed by atoms with Crippen molar-refractivity contribution in [1.82, 2.24) is 14.9 Å². The molecule has 0 aliphatic heterocycles. The van der Waals surface area contributed by atoms with Gasteiger partial charge in [-0.15, -0.1) is 11.3 Å². The number of aromatic nitrogens is 2. The van der Waals surface area contributed by atoms with Gasteiger partial charge in [0.15, 0.2) is 5.16 Å². The maximum Gasteiger partial charge on any atom is 0.251 e. The first-order valence-electron chi connectivity index (χ1n) is 9.81. The minimum absolute atomic E-state index is 0.0455. The van der Waals surface area contributed by atoms with Crippen LogP contribution in [0.15, 0.2) is 77.5 Å². The van der Waals surface area contributed by atoms with E-state index in [1.165, 1.54) is 0 Å². The zero-order chi connectivity index (χ0) is 23.2.